The van der Waals surface area contributed by atoms with Crippen LogP contribution in [0, 0.1) is 0 Å². The summed E-state index contributed by atoms with van der Waals surface area (Å²) in [6.45, 7) is 0. The minimum Gasteiger partial charge on any atom is 0 e. The quantitative estimate of drug-likeness (QED) is 0.570. The van der Waals surface area contributed by atoms with E-state index in [9.17, 15) is 0 Å². The van der Waals surface area contributed by atoms with Gasteiger partial charge in [-0.3, -0.25) is 0 Å². The molecule has 0 bridgehead atoms. The molecule has 0 aromatic rings. The average Bonchev–Trinajstić information content (AvgIpc) is 1.00. The fraction of sp³-hybridized carbons (Fsp3) is 0. The molecule has 0 aliphatic carbocycles. The van der Waals surface area contributed by atoms with E-state index in [1.54, 1.807) is 0 Å². The fourth-order valence-corrected chi connectivity index (χ4v) is 0. The van der Waals surface area contributed by atoms with Gasteiger partial charge in [0.25, 0.3) is 0 Å². The normalized spacial score (nSPS) is 1.00. The van der Waals surface area contributed by atoms with Crippen molar-refractivity contribution in [1.29, 1.82) is 0 Å². The standard InChI is InChI=1S/Nb.H2O.Ti.Zr/h;1H2;;/q;;;+1/p-1. The third-order valence-electron chi connectivity index (χ3n) is 0. The molecule has 0 amide bonds. The molecule has 0 fully saturated rings. The molecule has 0 heterocycles. The molecule has 0 aromatic heterocycles. The van der Waals surface area contributed by atoms with Crippen molar-refractivity contribution in [1.82, 2.24) is 0 Å². The Hall–Kier alpha value is 2.30. The second-order valence-corrected chi connectivity index (χ2v) is 0. The molecule has 0 spiro atoms. The van der Waals surface area contributed by atoms with Gasteiger partial charge in [0, 0.05) is 44.1 Å². The first-order chi connectivity index (χ1) is 1.00. The van der Waals surface area contributed by atoms with Crippen LogP contribution in [0.5, 0.6) is 0 Å². The van der Waals surface area contributed by atoms with E-state index in [2.05, 4.69) is 0 Å². The molecule has 0 aliphatic rings. The maximum Gasteiger partial charge on any atom is 0 e. The first-order valence-electron chi connectivity index (χ1n) is 0.224. The molecule has 0 aliphatic heterocycles. The summed E-state index contributed by atoms with van der Waals surface area (Å²) in [6.07, 6.45) is 0. The molecule has 0 rings (SSSR count). The van der Waals surface area contributed by atoms with Gasteiger partial charge in [-0.05, 0) is 0 Å². The average molecular weight is 249 g/mol. The molecule has 4 heavy (non-hydrogen) atoms. The summed E-state index contributed by atoms with van der Waals surface area (Å²) in [7, 11) is 0. The zero-order chi connectivity index (χ0) is 2.00. The van der Waals surface area contributed by atoms with Gasteiger partial charge >= 0.3 is 28.3 Å². The maximum absolute atomic E-state index is 7.09. The monoisotopic (exact) mass is 248 g/mol. The molecule has 0 saturated heterocycles. The Kier molecular flexibility index (Phi) is 75.3. The van der Waals surface area contributed by atoms with E-state index in [0.717, 1.165) is 0 Å². The molecule has 0 atom stereocenters. The van der Waals surface area contributed by atoms with Gasteiger partial charge in [-0.2, -0.15) is 0 Å². The summed E-state index contributed by atoms with van der Waals surface area (Å²) >= 11 is 0.550. The van der Waals surface area contributed by atoms with Crippen LogP contribution in [0.15, 0.2) is 0 Å². The predicted molar refractivity (Wildman–Crippen MR) is 2.22 cm³/mol. The molecular weight excluding hydrogens is 248 g/mol. The Balaban J connectivity index is -0.00000000500. The first-order valence-corrected chi connectivity index (χ1v) is 1.32. The SMILES string of the molecule is [Nb].[OH][Zr].[Ti]. The second-order valence-electron chi connectivity index (χ2n) is 0. The van der Waals surface area contributed by atoms with Crippen molar-refractivity contribution >= 4 is 0 Å². The molecule has 1 radical (unpaired) electrons. The minimum atomic E-state index is 0. The van der Waals surface area contributed by atoms with Gasteiger partial charge in [-0.1, -0.05) is 0 Å². The van der Waals surface area contributed by atoms with Crippen molar-refractivity contribution in [3.8, 4) is 0 Å². The van der Waals surface area contributed by atoms with Gasteiger partial charge in [0.1, 0.15) is 0 Å². The zero-order valence-electron chi connectivity index (χ0n) is 1.89. The van der Waals surface area contributed by atoms with E-state index in [1.807, 2.05) is 0 Å². The van der Waals surface area contributed by atoms with Crippen LogP contribution in [0.2, 0.25) is 0 Å². The molecule has 0 saturated carbocycles. The van der Waals surface area contributed by atoms with Crippen LogP contribution in [0.3, 0.4) is 0 Å². The third kappa shape index (κ3) is 8.85. The van der Waals surface area contributed by atoms with Crippen molar-refractivity contribution < 1.29 is 72.4 Å². The maximum atomic E-state index is 7.09. The molecule has 20 valence electrons. The second kappa shape index (κ2) is 18.5. The Bertz CT molecular complexity index is 8.00. The van der Waals surface area contributed by atoms with Crippen LogP contribution in [-0.2, 0) is 69.3 Å². The molecule has 1 N–H and O–H groups in total. The van der Waals surface area contributed by atoms with Gasteiger partial charge in [0.2, 0.25) is 0 Å². The molecule has 1 nitrogen and oxygen atoms in total. The van der Waals surface area contributed by atoms with Crippen molar-refractivity contribution in [2.75, 3.05) is 0 Å². The van der Waals surface area contributed by atoms with E-state index < -0.39 is 0 Å². The van der Waals surface area contributed by atoms with Gasteiger partial charge in [0.15, 0.2) is 0 Å². The fourth-order valence-electron chi connectivity index (χ4n) is 0. The smallest absolute Gasteiger partial charge is 0 e. The zero-order valence-corrected chi connectivity index (χ0v) is 8.11. The van der Waals surface area contributed by atoms with Crippen molar-refractivity contribution in [2.24, 2.45) is 0 Å². The Morgan fingerprint density at radius 2 is 1.25 bits per heavy atom. The summed E-state index contributed by atoms with van der Waals surface area (Å²) in [6, 6.07) is 0. The van der Waals surface area contributed by atoms with Gasteiger partial charge < -0.3 is 0 Å². The summed E-state index contributed by atoms with van der Waals surface area (Å²) in [4.78, 5) is 0. The van der Waals surface area contributed by atoms with Crippen LogP contribution < -0.4 is 0 Å². The van der Waals surface area contributed by atoms with Crippen molar-refractivity contribution in [3.05, 3.63) is 0 Å². The summed E-state index contributed by atoms with van der Waals surface area (Å²) in [5.74, 6) is 0. The van der Waals surface area contributed by atoms with Crippen LogP contribution in [0.25, 0.3) is 0 Å². The number of hydrogen-bond acceptors (Lipinski definition) is 1. The summed E-state index contributed by atoms with van der Waals surface area (Å²) in [5.41, 5.74) is 0. The van der Waals surface area contributed by atoms with Crippen molar-refractivity contribution in [2.45, 2.75) is 0 Å². The Morgan fingerprint density at radius 1 is 1.25 bits per heavy atom. The topological polar surface area (TPSA) is 20.2 Å². The van der Waals surface area contributed by atoms with Crippen molar-refractivity contribution in [3.63, 3.8) is 0 Å². The van der Waals surface area contributed by atoms with E-state index in [1.165, 1.54) is 0 Å². The largest absolute Gasteiger partial charge is 0 e. The molecule has 0 unspecified atom stereocenters. The Labute approximate surface area is 71.4 Å². The molecular formula is HNbOTiZr. The first kappa shape index (κ1) is 16.3. The van der Waals surface area contributed by atoms with E-state index in [4.69, 9.17) is 3.18 Å². The Morgan fingerprint density at radius 3 is 1.25 bits per heavy atom. The third-order valence-corrected chi connectivity index (χ3v) is 0. The van der Waals surface area contributed by atoms with Crippen LogP contribution >= 0.6 is 0 Å². The van der Waals surface area contributed by atoms with E-state index >= 15 is 0 Å². The van der Waals surface area contributed by atoms with E-state index in [-0.39, 0.29) is 44.1 Å². The van der Waals surface area contributed by atoms with Crippen LogP contribution in [0.1, 0.15) is 0 Å². The summed E-state index contributed by atoms with van der Waals surface area (Å²) in [5, 5.41) is 0. The predicted octanol–water partition coefficient (Wildman–Crippen LogP) is -0.565. The van der Waals surface area contributed by atoms with Gasteiger partial charge in [0.05, 0.1) is 0 Å². The molecule has 0 aromatic carbocycles. The number of hydrogen-bond donors (Lipinski definition) is 1. The van der Waals surface area contributed by atoms with Crippen LogP contribution in [-0.4, -0.2) is 3.18 Å². The van der Waals surface area contributed by atoms with Crippen LogP contribution in [0.4, 0.5) is 0 Å². The van der Waals surface area contributed by atoms with Gasteiger partial charge in [-0.25, -0.2) is 0 Å². The number of rotatable bonds is 0. The van der Waals surface area contributed by atoms with E-state index in [0.29, 0.717) is 25.2 Å². The molecule has 4 heteroatoms. The minimum absolute atomic E-state index is 0. The van der Waals surface area contributed by atoms with Gasteiger partial charge in [-0.15, -0.1) is 0 Å². The summed E-state index contributed by atoms with van der Waals surface area (Å²) < 4.78 is 7.09.